The fourth-order valence-electron chi connectivity index (χ4n) is 3.57. The van der Waals surface area contributed by atoms with Crippen LogP contribution in [0.5, 0.6) is 5.75 Å². The van der Waals surface area contributed by atoms with Crippen LogP contribution in [0.1, 0.15) is 17.5 Å². The number of nitrogens with one attached hydrogen (secondary N) is 1. The number of hydrogen-bond donors (Lipinski definition) is 1. The molecule has 0 saturated carbocycles. The van der Waals surface area contributed by atoms with Crippen molar-refractivity contribution in [3.8, 4) is 5.75 Å². The first-order valence-electron chi connectivity index (χ1n) is 9.68. The minimum Gasteiger partial charge on any atom is -0.487 e. The summed E-state index contributed by atoms with van der Waals surface area (Å²) in [4.78, 5) is 14.9. The Morgan fingerprint density at radius 3 is 2.57 bits per heavy atom. The van der Waals surface area contributed by atoms with Crippen LogP contribution in [-0.2, 0) is 17.8 Å². The van der Waals surface area contributed by atoms with Crippen molar-refractivity contribution < 1.29 is 9.53 Å². The first kappa shape index (κ1) is 18.1. The van der Waals surface area contributed by atoms with E-state index < -0.39 is 0 Å². The molecule has 0 unspecified atom stereocenters. The Hall–Kier alpha value is -3.27. The summed E-state index contributed by atoms with van der Waals surface area (Å²) in [5, 5.41) is 3.02. The van der Waals surface area contributed by atoms with Gasteiger partial charge in [-0.05, 0) is 42.2 Å². The molecule has 4 nitrogen and oxygen atoms in total. The second-order valence-corrected chi connectivity index (χ2v) is 6.97. The summed E-state index contributed by atoms with van der Waals surface area (Å²) < 4.78 is 5.94. The zero-order valence-electron chi connectivity index (χ0n) is 15.8. The zero-order valence-corrected chi connectivity index (χ0v) is 15.8. The third-order valence-electron chi connectivity index (χ3n) is 4.94. The monoisotopic (exact) mass is 372 g/mol. The van der Waals surface area contributed by atoms with E-state index in [1.165, 1.54) is 5.56 Å². The van der Waals surface area contributed by atoms with Crippen molar-refractivity contribution >= 4 is 17.3 Å². The van der Waals surface area contributed by atoms with Crippen molar-refractivity contribution in [1.82, 2.24) is 0 Å². The molecule has 1 amide bonds. The molecule has 0 atom stereocenters. The third-order valence-corrected chi connectivity index (χ3v) is 4.94. The molecule has 0 bridgehead atoms. The van der Waals surface area contributed by atoms with Gasteiger partial charge in [0.15, 0.2) is 0 Å². The van der Waals surface area contributed by atoms with Crippen molar-refractivity contribution in [3.05, 3.63) is 90.0 Å². The van der Waals surface area contributed by atoms with Crippen molar-refractivity contribution in [2.45, 2.75) is 19.4 Å². The van der Waals surface area contributed by atoms with E-state index in [0.717, 1.165) is 30.6 Å². The molecule has 0 fully saturated rings. The van der Waals surface area contributed by atoms with E-state index in [1.807, 2.05) is 60.7 Å². The van der Waals surface area contributed by atoms with Crippen molar-refractivity contribution in [2.75, 3.05) is 23.3 Å². The normalized spacial score (nSPS) is 12.9. The molecule has 3 aromatic carbocycles. The lowest BCUT2D eigenvalue weighted by atomic mass is 10.0. The molecule has 0 aromatic heterocycles. The van der Waals surface area contributed by atoms with Crippen LogP contribution in [0.4, 0.5) is 11.4 Å². The molecule has 0 aliphatic carbocycles. The van der Waals surface area contributed by atoms with Gasteiger partial charge in [-0.3, -0.25) is 4.79 Å². The lowest BCUT2D eigenvalue weighted by Gasteiger charge is -2.30. The predicted octanol–water partition coefficient (Wildman–Crippen LogP) is 4.66. The first-order chi connectivity index (χ1) is 13.8. The minimum atomic E-state index is -0.0348. The van der Waals surface area contributed by atoms with Crippen molar-refractivity contribution in [2.24, 2.45) is 0 Å². The fraction of sp³-hybridized carbons (Fsp3) is 0.208. The summed E-state index contributed by atoms with van der Waals surface area (Å²) in [6.45, 7) is 1.70. The van der Waals surface area contributed by atoms with Crippen LogP contribution < -0.4 is 15.0 Å². The summed E-state index contributed by atoms with van der Waals surface area (Å²) in [6.07, 6.45) is 2.14. The number of carbonyl (C=O) groups excluding carboxylic acids is 1. The van der Waals surface area contributed by atoms with Crippen LogP contribution in [-0.4, -0.2) is 19.0 Å². The molecule has 1 heterocycles. The molecule has 0 spiro atoms. The molecule has 4 rings (SSSR count). The first-order valence-corrected chi connectivity index (χ1v) is 9.68. The number of carbonyl (C=O) groups is 1. The van der Waals surface area contributed by atoms with Gasteiger partial charge in [0, 0.05) is 12.2 Å². The molecule has 142 valence electrons. The van der Waals surface area contributed by atoms with Gasteiger partial charge in [-0.15, -0.1) is 0 Å². The number of nitrogens with zero attached hydrogens (tertiary/aromatic N) is 1. The van der Waals surface area contributed by atoms with Gasteiger partial charge in [-0.25, -0.2) is 0 Å². The maximum absolute atomic E-state index is 12.7. The maximum atomic E-state index is 12.7. The van der Waals surface area contributed by atoms with Gasteiger partial charge in [0.25, 0.3) is 0 Å². The van der Waals surface area contributed by atoms with Gasteiger partial charge in [0.2, 0.25) is 5.91 Å². The quantitative estimate of drug-likeness (QED) is 0.684. The van der Waals surface area contributed by atoms with E-state index in [9.17, 15) is 4.79 Å². The number of aryl methyl sites for hydroxylation is 1. The molecule has 1 N–H and O–H groups in total. The SMILES string of the molecule is O=C(CN1CCCc2ccccc21)Nc1ccccc1OCc1ccccc1. The number of benzene rings is 3. The van der Waals surface area contributed by atoms with Crippen LogP contribution >= 0.6 is 0 Å². The van der Waals surface area contributed by atoms with Crippen molar-refractivity contribution in [3.63, 3.8) is 0 Å². The van der Waals surface area contributed by atoms with Gasteiger partial charge in [-0.1, -0.05) is 60.7 Å². The summed E-state index contributed by atoms with van der Waals surface area (Å²) in [6, 6.07) is 25.9. The van der Waals surface area contributed by atoms with Crippen LogP contribution in [0.3, 0.4) is 0 Å². The summed E-state index contributed by atoms with van der Waals surface area (Å²) in [7, 11) is 0. The molecule has 1 aliphatic heterocycles. The fourth-order valence-corrected chi connectivity index (χ4v) is 3.57. The molecule has 4 heteroatoms. The molecule has 1 aliphatic rings. The smallest absolute Gasteiger partial charge is 0.243 e. The largest absolute Gasteiger partial charge is 0.487 e. The summed E-state index contributed by atoms with van der Waals surface area (Å²) in [5.74, 6) is 0.645. The van der Waals surface area contributed by atoms with Crippen LogP contribution in [0, 0.1) is 0 Å². The average Bonchev–Trinajstić information content (AvgIpc) is 2.74. The van der Waals surface area contributed by atoms with Gasteiger partial charge in [0.05, 0.1) is 12.2 Å². The molecule has 0 radical (unpaired) electrons. The Morgan fingerprint density at radius 1 is 0.929 bits per heavy atom. The Labute approximate surface area is 165 Å². The Morgan fingerprint density at radius 2 is 1.68 bits per heavy atom. The molecule has 0 saturated heterocycles. The number of ether oxygens (including phenoxy) is 1. The lowest BCUT2D eigenvalue weighted by Crippen LogP contribution is -2.36. The predicted molar refractivity (Wildman–Crippen MR) is 113 cm³/mol. The van der Waals surface area contributed by atoms with Gasteiger partial charge < -0.3 is 15.0 Å². The molecular weight excluding hydrogens is 348 g/mol. The van der Waals surface area contributed by atoms with E-state index >= 15 is 0 Å². The van der Waals surface area contributed by atoms with E-state index in [2.05, 4.69) is 28.4 Å². The number of rotatable bonds is 6. The van der Waals surface area contributed by atoms with E-state index in [1.54, 1.807) is 0 Å². The minimum absolute atomic E-state index is 0.0348. The molecule has 3 aromatic rings. The van der Waals surface area contributed by atoms with Crippen LogP contribution in [0.25, 0.3) is 0 Å². The number of hydrogen-bond acceptors (Lipinski definition) is 3. The van der Waals surface area contributed by atoms with Gasteiger partial charge >= 0.3 is 0 Å². The van der Waals surface area contributed by atoms with Gasteiger partial charge in [0.1, 0.15) is 12.4 Å². The second kappa shape index (κ2) is 8.61. The topological polar surface area (TPSA) is 41.6 Å². The average molecular weight is 372 g/mol. The number of anilines is 2. The highest BCUT2D eigenvalue weighted by Crippen LogP contribution is 2.27. The van der Waals surface area contributed by atoms with E-state index in [4.69, 9.17) is 4.74 Å². The lowest BCUT2D eigenvalue weighted by molar-refractivity contribution is -0.115. The molecular formula is C24H24N2O2. The maximum Gasteiger partial charge on any atom is 0.243 e. The van der Waals surface area contributed by atoms with Crippen molar-refractivity contribution in [1.29, 1.82) is 0 Å². The molecule has 28 heavy (non-hydrogen) atoms. The van der Waals surface area contributed by atoms with E-state index in [0.29, 0.717) is 24.6 Å². The third kappa shape index (κ3) is 4.34. The Balaban J connectivity index is 1.41. The standard InChI is InChI=1S/C24H24N2O2/c27-24(17-26-16-8-12-20-11-4-6-14-22(20)26)25-21-13-5-7-15-23(21)28-18-19-9-2-1-3-10-19/h1-7,9-11,13-15H,8,12,16-18H2,(H,25,27). The summed E-state index contributed by atoms with van der Waals surface area (Å²) >= 11 is 0. The highest BCUT2D eigenvalue weighted by molar-refractivity contribution is 5.95. The van der Waals surface area contributed by atoms with Crippen LogP contribution in [0.15, 0.2) is 78.9 Å². The second-order valence-electron chi connectivity index (χ2n) is 6.97. The summed E-state index contributed by atoms with van der Waals surface area (Å²) in [5.41, 5.74) is 4.27. The Bertz CT molecular complexity index is 940. The van der Waals surface area contributed by atoms with Crippen LogP contribution in [0.2, 0.25) is 0 Å². The zero-order chi connectivity index (χ0) is 19.2. The van der Waals surface area contributed by atoms with Gasteiger partial charge in [-0.2, -0.15) is 0 Å². The Kier molecular flexibility index (Phi) is 5.57. The highest BCUT2D eigenvalue weighted by atomic mass is 16.5. The highest BCUT2D eigenvalue weighted by Gasteiger charge is 2.19. The number of para-hydroxylation sites is 3. The number of amides is 1. The number of fused-ring (bicyclic) bond motifs is 1. The van der Waals surface area contributed by atoms with E-state index in [-0.39, 0.29) is 5.91 Å².